The Bertz CT molecular complexity index is 1470. The number of hydrogen-bond donors (Lipinski definition) is 2. The van der Waals surface area contributed by atoms with Crippen LogP contribution in [0.4, 0.5) is 18.9 Å². The van der Waals surface area contributed by atoms with E-state index in [1.807, 2.05) is 24.3 Å². The van der Waals surface area contributed by atoms with Gasteiger partial charge in [0, 0.05) is 22.7 Å². The van der Waals surface area contributed by atoms with Gasteiger partial charge in [0.15, 0.2) is 11.5 Å². The van der Waals surface area contributed by atoms with Gasteiger partial charge in [-0.05, 0) is 67.7 Å². The van der Waals surface area contributed by atoms with Crippen molar-refractivity contribution in [1.29, 1.82) is 0 Å². The molecule has 1 aliphatic heterocycles. The molecule has 0 bridgehead atoms. The highest BCUT2D eigenvalue weighted by Crippen LogP contribution is 2.36. The zero-order valence-corrected chi connectivity index (χ0v) is 21.9. The van der Waals surface area contributed by atoms with Gasteiger partial charge in [0.25, 0.3) is 0 Å². The van der Waals surface area contributed by atoms with Crippen LogP contribution in [-0.2, 0) is 17.4 Å². The van der Waals surface area contributed by atoms with Crippen LogP contribution in [0.2, 0.25) is 0 Å². The largest absolute Gasteiger partial charge is 0.493 e. The lowest BCUT2D eigenvalue weighted by Gasteiger charge is -2.23. The highest BCUT2D eigenvalue weighted by molar-refractivity contribution is 5.95. The van der Waals surface area contributed by atoms with Crippen molar-refractivity contribution in [2.24, 2.45) is 5.92 Å². The number of ether oxygens (including phenoxy) is 2. The molecule has 7 nitrogen and oxygen atoms in total. The van der Waals surface area contributed by atoms with Gasteiger partial charge in [0.2, 0.25) is 5.91 Å². The van der Waals surface area contributed by atoms with Gasteiger partial charge in [-0.15, -0.1) is 0 Å². The van der Waals surface area contributed by atoms with E-state index < -0.39 is 11.7 Å². The summed E-state index contributed by atoms with van der Waals surface area (Å²) in [6.45, 7) is 2.62. The lowest BCUT2D eigenvalue weighted by Crippen LogP contribution is -2.30. The zero-order chi connectivity index (χ0) is 28.1. The van der Waals surface area contributed by atoms with E-state index in [0.29, 0.717) is 41.0 Å². The maximum atomic E-state index is 12.8. The molecular formula is C30H29F3N4O3. The number of anilines is 1. The smallest absolute Gasteiger partial charge is 0.416 e. The molecule has 10 heteroatoms. The Morgan fingerprint density at radius 3 is 2.40 bits per heavy atom. The highest BCUT2D eigenvalue weighted by Gasteiger charge is 2.30. The quantitative estimate of drug-likeness (QED) is 0.285. The van der Waals surface area contributed by atoms with Crippen molar-refractivity contribution in [2.75, 3.05) is 32.1 Å². The minimum Gasteiger partial charge on any atom is -0.493 e. The Hall–Kier alpha value is -4.18. The third-order valence-corrected chi connectivity index (χ3v) is 6.94. The van der Waals surface area contributed by atoms with Crippen LogP contribution in [-0.4, -0.2) is 42.7 Å². The maximum Gasteiger partial charge on any atom is 0.416 e. The molecular weight excluding hydrogens is 521 g/mol. The molecule has 3 aromatic carbocycles. The second kappa shape index (κ2) is 11.9. The van der Waals surface area contributed by atoms with E-state index in [4.69, 9.17) is 9.47 Å². The van der Waals surface area contributed by atoms with Crippen molar-refractivity contribution in [3.63, 3.8) is 0 Å². The van der Waals surface area contributed by atoms with Gasteiger partial charge in [0.05, 0.1) is 36.9 Å². The van der Waals surface area contributed by atoms with Gasteiger partial charge in [-0.2, -0.15) is 13.2 Å². The van der Waals surface area contributed by atoms with Crippen LogP contribution in [0.15, 0.2) is 67.0 Å². The molecule has 0 radical (unpaired) electrons. The number of methoxy groups -OCH3 is 1. The normalized spacial score (nSPS) is 14.2. The van der Waals surface area contributed by atoms with Gasteiger partial charge in [-0.25, -0.2) is 9.97 Å². The van der Waals surface area contributed by atoms with E-state index in [1.54, 1.807) is 19.2 Å². The Balaban J connectivity index is 1.28. The summed E-state index contributed by atoms with van der Waals surface area (Å²) in [4.78, 5) is 21.4. The van der Waals surface area contributed by atoms with E-state index in [1.165, 1.54) is 18.5 Å². The van der Waals surface area contributed by atoms with Gasteiger partial charge in [-0.1, -0.05) is 24.3 Å². The molecule has 0 atom stereocenters. The zero-order valence-electron chi connectivity index (χ0n) is 21.9. The molecule has 0 spiro atoms. The second-order valence-corrected chi connectivity index (χ2v) is 9.74. The first-order valence-corrected chi connectivity index (χ1v) is 13.0. The molecule has 0 unspecified atom stereocenters. The molecule has 1 saturated heterocycles. The summed E-state index contributed by atoms with van der Waals surface area (Å²) in [5, 5.41) is 6.94. The van der Waals surface area contributed by atoms with Crippen LogP contribution in [0.1, 0.15) is 24.0 Å². The lowest BCUT2D eigenvalue weighted by atomic mass is 9.99. The van der Waals surface area contributed by atoms with Crippen LogP contribution < -0.4 is 20.1 Å². The standard InChI is InChI=1S/C30H29F3N4O3/c1-39-26-15-24-25(16-27(26)40-17-20-10-12-34-13-11-20)35-18-36-29(24)21-4-8-23(9-5-21)37-28(38)14-19-2-6-22(7-3-19)30(31,32)33/h2-9,15-16,18,20,34H,10-14,17H2,1H3,(H,37,38). The summed E-state index contributed by atoms with van der Waals surface area (Å²) < 4.78 is 50.0. The Morgan fingerprint density at radius 2 is 1.73 bits per heavy atom. The summed E-state index contributed by atoms with van der Waals surface area (Å²) in [7, 11) is 1.60. The molecule has 5 rings (SSSR count). The first-order chi connectivity index (χ1) is 19.3. The fourth-order valence-electron chi connectivity index (χ4n) is 4.74. The van der Waals surface area contributed by atoms with Crippen molar-refractivity contribution >= 4 is 22.5 Å². The molecule has 2 N–H and O–H groups in total. The number of aromatic nitrogens is 2. The number of nitrogens with one attached hydrogen (secondary N) is 2. The number of fused-ring (bicyclic) bond motifs is 1. The van der Waals surface area contributed by atoms with E-state index >= 15 is 0 Å². The summed E-state index contributed by atoms with van der Waals surface area (Å²) in [6.07, 6.45) is -0.800. The fraction of sp³-hybridized carbons (Fsp3) is 0.300. The first kappa shape index (κ1) is 27.4. The monoisotopic (exact) mass is 550 g/mol. The number of alkyl halides is 3. The number of halogens is 3. The Kier molecular flexibility index (Phi) is 8.16. The second-order valence-electron chi connectivity index (χ2n) is 9.74. The van der Waals surface area contributed by atoms with E-state index in [-0.39, 0.29) is 12.3 Å². The minimum absolute atomic E-state index is 0.0434. The van der Waals surface area contributed by atoms with Gasteiger partial charge in [0.1, 0.15) is 6.33 Å². The Morgan fingerprint density at radius 1 is 1.00 bits per heavy atom. The third-order valence-electron chi connectivity index (χ3n) is 6.94. The fourth-order valence-corrected chi connectivity index (χ4v) is 4.74. The minimum atomic E-state index is -4.41. The average molecular weight is 551 g/mol. The summed E-state index contributed by atoms with van der Waals surface area (Å²) >= 11 is 0. The number of carbonyl (C=O) groups excluding carboxylic acids is 1. The van der Waals surface area contributed by atoms with Crippen LogP contribution in [0.25, 0.3) is 22.2 Å². The number of benzene rings is 3. The predicted octanol–water partition coefficient (Wildman–Crippen LogP) is 5.88. The van der Waals surface area contributed by atoms with Crippen LogP contribution >= 0.6 is 0 Å². The van der Waals surface area contributed by atoms with Crippen molar-refractivity contribution in [3.05, 3.63) is 78.1 Å². The van der Waals surface area contributed by atoms with E-state index in [9.17, 15) is 18.0 Å². The highest BCUT2D eigenvalue weighted by atomic mass is 19.4. The number of hydrogen-bond acceptors (Lipinski definition) is 6. The van der Waals surface area contributed by atoms with Gasteiger partial charge in [-0.3, -0.25) is 4.79 Å². The number of nitrogens with zero attached hydrogens (tertiary/aromatic N) is 2. The number of rotatable bonds is 8. The first-order valence-electron chi connectivity index (χ1n) is 13.0. The van der Waals surface area contributed by atoms with Crippen LogP contribution in [0.3, 0.4) is 0 Å². The Labute approximate surface area is 229 Å². The summed E-state index contributed by atoms with van der Waals surface area (Å²) in [5.74, 6) is 1.41. The van der Waals surface area contributed by atoms with E-state index in [0.717, 1.165) is 54.5 Å². The molecule has 1 aliphatic rings. The molecule has 40 heavy (non-hydrogen) atoms. The average Bonchev–Trinajstić information content (AvgIpc) is 2.96. The van der Waals surface area contributed by atoms with Crippen molar-refractivity contribution in [3.8, 4) is 22.8 Å². The molecule has 1 amide bonds. The van der Waals surface area contributed by atoms with Gasteiger partial charge >= 0.3 is 6.18 Å². The molecule has 1 aromatic heterocycles. The lowest BCUT2D eigenvalue weighted by molar-refractivity contribution is -0.137. The van der Waals surface area contributed by atoms with Crippen LogP contribution in [0, 0.1) is 5.92 Å². The van der Waals surface area contributed by atoms with Crippen LogP contribution in [0.5, 0.6) is 11.5 Å². The summed E-state index contributed by atoms with van der Waals surface area (Å²) in [5.41, 5.74) is 2.55. The van der Waals surface area contributed by atoms with Crippen molar-refractivity contribution < 1.29 is 27.4 Å². The van der Waals surface area contributed by atoms with E-state index in [2.05, 4.69) is 20.6 Å². The molecule has 1 fully saturated rings. The third kappa shape index (κ3) is 6.51. The maximum absolute atomic E-state index is 12.8. The predicted molar refractivity (Wildman–Crippen MR) is 146 cm³/mol. The van der Waals surface area contributed by atoms with Crippen molar-refractivity contribution in [1.82, 2.24) is 15.3 Å². The number of carbonyl (C=O) groups is 1. The SMILES string of the molecule is COc1cc2c(-c3ccc(NC(=O)Cc4ccc(C(F)(F)F)cc4)cc3)ncnc2cc1OCC1CCNCC1. The molecule has 0 aliphatic carbocycles. The molecule has 208 valence electrons. The van der Waals surface area contributed by atoms with Gasteiger partial charge < -0.3 is 20.1 Å². The number of piperidine rings is 1. The van der Waals surface area contributed by atoms with Crippen molar-refractivity contribution in [2.45, 2.75) is 25.4 Å². The number of amides is 1. The topological polar surface area (TPSA) is 85.4 Å². The molecule has 4 aromatic rings. The molecule has 2 heterocycles. The summed E-state index contributed by atoms with van der Waals surface area (Å²) in [6, 6.07) is 15.5. The molecule has 0 saturated carbocycles.